The van der Waals surface area contributed by atoms with Crippen molar-refractivity contribution in [3.63, 3.8) is 0 Å². The number of hydrogen-bond acceptors (Lipinski definition) is 6. The first kappa shape index (κ1) is 31.7. The van der Waals surface area contributed by atoms with Gasteiger partial charge < -0.3 is 24.1 Å². The Morgan fingerprint density at radius 3 is 2.20 bits per heavy atom. The number of methoxy groups -OCH3 is 1. The second kappa shape index (κ2) is 13.9. The van der Waals surface area contributed by atoms with Crippen LogP contribution in [0.2, 0.25) is 5.02 Å². The molecular weight excluding hydrogens is 588 g/mol. The van der Waals surface area contributed by atoms with Crippen molar-refractivity contribution in [1.82, 2.24) is 4.57 Å². The lowest BCUT2D eigenvalue weighted by Crippen LogP contribution is -2.21. The molecule has 45 heavy (non-hydrogen) atoms. The van der Waals surface area contributed by atoms with Gasteiger partial charge in [0.2, 0.25) is 0 Å². The highest BCUT2D eigenvalue weighted by Crippen LogP contribution is 2.38. The molecule has 1 atom stereocenters. The maximum absolute atomic E-state index is 13.7. The lowest BCUT2D eigenvalue weighted by molar-refractivity contribution is -0.117. The number of hydrogen-bond donors (Lipinski definition) is 1. The third-order valence-electron chi connectivity index (χ3n) is 7.47. The van der Waals surface area contributed by atoms with Gasteiger partial charge >= 0.3 is 5.97 Å². The molecule has 4 aromatic carbocycles. The topological polar surface area (TPSA) is 78.8 Å². The number of nitrogens with zero attached hydrogens (tertiary/aromatic N) is 1. The first-order chi connectivity index (χ1) is 21.7. The van der Waals surface area contributed by atoms with E-state index in [1.54, 1.807) is 14.0 Å². The number of ether oxygens (including phenoxy) is 3. The van der Waals surface area contributed by atoms with E-state index in [4.69, 9.17) is 25.8 Å². The first-order valence-electron chi connectivity index (χ1n) is 14.9. The van der Waals surface area contributed by atoms with Crippen LogP contribution in [0.4, 0.5) is 5.69 Å². The van der Waals surface area contributed by atoms with Crippen molar-refractivity contribution in [2.75, 3.05) is 19.0 Å². The van der Waals surface area contributed by atoms with Crippen LogP contribution in [0.1, 0.15) is 55.4 Å². The maximum atomic E-state index is 13.7. The largest absolute Gasteiger partial charge is 0.497 e. The van der Waals surface area contributed by atoms with E-state index in [0.717, 1.165) is 38.9 Å². The van der Waals surface area contributed by atoms with Crippen LogP contribution in [0.15, 0.2) is 91.0 Å². The normalized spacial score (nSPS) is 11.8. The van der Waals surface area contributed by atoms with Gasteiger partial charge in [-0.05, 0) is 98.5 Å². The minimum absolute atomic E-state index is 0.0707. The van der Waals surface area contributed by atoms with E-state index in [-0.39, 0.29) is 18.5 Å². The number of nitrogens with one attached hydrogen (secondary N) is 1. The molecule has 0 bridgehead atoms. The van der Waals surface area contributed by atoms with Crippen molar-refractivity contribution in [1.29, 1.82) is 0 Å². The van der Waals surface area contributed by atoms with Crippen LogP contribution in [0.5, 0.6) is 11.5 Å². The lowest BCUT2D eigenvalue weighted by Gasteiger charge is -2.19. The van der Waals surface area contributed by atoms with Crippen LogP contribution in [-0.4, -0.2) is 36.1 Å². The minimum atomic E-state index is -0.731. The summed E-state index contributed by atoms with van der Waals surface area (Å²) in [6.45, 7) is 7.85. The number of benzene rings is 4. The average molecular weight is 625 g/mol. The van der Waals surface area contributed by atoms with Gasteiger partial charge in [-0.2, -0.15) is 0 Å². The van der Waals surface area contributed by atoms with Gasteiger partial charge in [0.15, 0.2) is 11.5 Å². The number of aromatic nitrogens is 1. The molecule has 0 amide bonds. The van der Waals surface area contributed by atoms with Gasteiger partial charge in [0, 0.05) is 17.0 Å². The number of anilines is 1. The number of carbonyl (C=O) groups excluding carboxylic acids is 2. The monoisotopic (exact) mass is 624 g/mol. The molecule has 7 nitrogen and oxygen atoms in total. The molecule has 0 saturated heterocycles. The molecule has 0 fully saturated rings. The molecule has 5 rings (SSSR count). The predicted octanol–water partition coefficient (Wildman–Crippen LogP) is 8.72. The predicted molar refractivity (Wildman–Crippen MR) is 180 cm³/mol. The van der Waals surface area contributed by atoms with Gasteiger partial charge in [-0.3, -0.25) is 4.79 Å². The summed E-state index contributed by atoms with van der Waals surface area (Å²) in [5.74, 6) is 0.869. The Balaban J connectivity index is 1.71. The summed E-state index contributed by atoms with van der Waals surface area (Å²) >= 11 is 6.34. The smallest absolute Gasteiger partial charge is 0.357 e. The van der Waals surface area contributed by atoms with Crippen molar-refractivity contribution < 1.29 is 23.8 Å². The van der Waals surface area contributed by atoms with Gasteiger partial charge in [-0.1, -0.05) is 54.1 Å². The van der Waals surface area contributed by atoms with Crippen LogP contribution in [0.25, 0.3) is 22.0 Å². The highest BCUT2D eigenvalue weighted by atomic mass is 35.5. The summed E-state index contributed by atoms with van der Waals surface area (Å²) in [7, 11) is 1.60. The Morgan fingerprint density at radius 2 is 1.58 bits per heavy atom. The molecule has 0 aliphatic carbocycles. The Kier molecular flexibility index (Phi) is 9.79. The number of esters is 1. The fraction of sp³-hybridized carbons (Fsp3) is 0.243. The molecule has 0 spiro atoms. The molecular formula is C37H37ClN2O5. The SMILES string of the molecule is CCOC(=O)c1c(NC(C(C)=O)c2ccc(OC)cc2)c2cc(-c3ccc(OC(C)C)cc3)ccc2n1Cc1cccc(Cl)c1. The summed E-state index contributed by atoms with van der Waals surface area (Å²) in [4.78, 5) is 26.9. The van der Waals surface area contributed by atoms with E-state index < -0.39 is 12.0 Å². The summed E-state index contributed by atoms with van der Waals surface area (Å²) in [6.07, 6.45) is 0.0707. The maximum Gasteiger partial charge on any atom is 0.357 e. The van der Waals surface area contributed by atoms with E-state index in [2.05, 4.69) is 5.32 Å². The van der Waals surface area contributed by atoms with Crippen LogP contribution in [0.3, 0.4) is 0 Å². The molecule has 1 heterocycles. The first-order valence-corrected chi connectivity index (χ1v) is 15.3. The van der Waals surface area contributed by atoms with Crippen molar-refractivity contribution in [3.8, 4) is 22.6 Å². The molecule has 1 aromatic heterocycles. The molecule has 5 aromatic rings. The third-order valence-corrected chi connectivity index (χ3v) is 7.70. The van der Waals surface area contributed by atoms with Crippen LogP contribution in [-0.2, 0) is 16.1 Å². The Hall–Kier alpha value is -4.75. The van der Waals surface area contributed by atoms with Gasteiger partial charge in [0.25, 0.3) is 0 Å². The molecule has 1 unspecified atom stereocenters. The van der Waals surface area contributed by atoms with Crippen molar-refractivity contribution in [2.24, 2.45) is 0 Å². The van der Waals surface area contributed by atoms with Gasteiger partial charge in [0.05, 0.1) is 31.0 Å². The average Bonchev–Trinajstić information content (AvgIpc) is 3.32. The highest BCUT2D eigenvalue weighted by Gasteiger charge is 2.28. The summed E-state index contributed by atoms with van der Waals surface area (Å²) in [5, 5.41) is 4.83. The van der Waals surface area contributed by atoms with E-state index in [0.29, 0.717) is 28.7 Å². The second-order valence-corrected chi connectivity index (χ2v) is 11.5. The quantitative estimate of drug-likeness (QED) is 0.140. The molecule has 0 radical (unpaired) electrons. The zero-order valence-corrected chi connectivity index (χ0v) is 26.9. The van der Waals surface area contributed by atoms with E-state index in [9.17, 15) is 9.59 Å². The summed E-state index contributed by atoms with van der Waals surface area (Å²) in [5.41, 5.74) is 5.23. The molecule has 0 aliphatic rings. The van der Waals surface area contributed by atoms with E-state index >= 15 is 0 Å². The van der Waals surface area contributed by atoms with Gasteiger partial charge in [-0.15, -0.1) is 0 Å². The molecule has 232 valence electrons. The number of carbonyl (C=O) groups is 2. The van der Waals surface area contributed by atoms with Gasteiger partial charge in [0.1, 0.15) is 17.5 Å². The van der Waals surface area contributed by atoms with Gasteiger partial charge in [-0.25, -0.2) is 4.79 Å². The third kappa shape index (κ3) is 7.15. The van der Waals surface area contributed by atoms with E-state index in [1.807, 2.05) is 109 Å². The zero-order valence-electron chi connectivity index (χ0n) is 26.1. The summed E-state index contributed by atoms with van der Waals surface area (Å²) in [6, 6.07) is 28.1. The Morgan fingerprint density at radius 1 is 0.889 bits per heavy atom. The minimum Gasteiger partial charge on any atom is -0.497 e. The Bertz CT molecular complexity index is 1810. The standard InChI is InChI=1S/C37H37ClN2O5/c1-6-44-37(42)36-35(39-34(24(4)41)27-12-15-30(43-5)16-13-27)32-21-28(26-10-17-31(18-11-26)45-23(2)3)14-19-33(32)40(36)22-25-8-7-9-29(38)20-25/h7-21,23,34,39H,6,22H2,1-5H3. The summed E-state index contributed by atoms with van der Waals surface area (Å²) < 4.78 is 18.7. The molecule has 8 heteroatoms. The van der Waals surface area contributed by atoms with Crippen LogP contribution in [0, 0.1) is 0 Å². The van der Waals surface area contributed by atoms with Crippen molar-refractivity contribution in [3.05, 3.63) is 113 Å². The molecule has 1 N–H and O–H groups in total. The second-order valence-electron chi connectivity index (χ2n) is 11.0. The van der Waals surface area contributed by atoms with Crippen molar-refractivity contribution in [2.45, 2.75) is 46.4 Å². The molecule has 0 saturated carbocycles. The fourth-order valence-corrected chi connectivity index (χ4v) is 5.65. The number of ketones is 1. The molecule has 0 aliphatic heterocycles. The van der Waals surface area contributed by atoms with Crippen LogP contribution < -0.4 is 14.8 Å². The fourth-order valence-electron chi connectivity index (χ4n) is 5.43. The number of Topliss-reactive ketones (excluding diaryl/α,β-unsaturated/α-hetero) is 1. The van der Waals surface area contributed by atoms with Crippen molar-refractivity contribution >= 4 is 39.9 Å². The zero-order chi connectivity index (χ0) is 32.1. The Labute approximate surface area is 268 Å². The number of fused-ring (bicyclic) bond motifs is 1. The number of halogens is 1. The number of rotatable bonds is 12. The van der Waals surface area contributed by atoms with Crippen LogP contribution >= 0.6 is 11.6 Å². The van der Waals surface area contributed by atoms with E-state index in [1.165, 1.54) is 6.92 Å². The highest BCUT2D eigenvalue weighted by molar-refractivity contribution is 6.30. The lowest BCUT2D eigenvalue weighted by atomic mass is 10.0.